The third kappa shape index (κ3) is 4.05. The van der Waals surface area contributed by atoms with Crippen LogP contribution in [-0.4, -0.2) is 44.6 Å². The number of ether oxygens (including phenoxy) is 1. The summed E-state index contributed by atoms with van der Waals surface area (Å²) in [5.74, 6) is 1.34. The number of para-hydroxylation sites is 1. The summed E-state index contributed by atoms with van der Waals surface area (Å²) in [6, 6.07) is 7.69. The van der Waals surface area contributed by atoms with E-state index in [2.05, 4.69) is 27.3 Å². The second-order valence-corrected chi connectivity index (χ2v) is 6.36. The van der Waals surface area contributed by atoms with E-state index in [1.807, 2.05) is 30.5 Å². The Morgan fingerprint density at radius 1 is 1.31 bits per heavy atom. The third-order valence-electron chi connectivity index (χ3n) is 4.11. The van der Waals surface area contributed by atoms with Gasteiger partial charge in [0.05, 0.1) is 32.5 Å². The van der Waals surface area contributed by atoms with E-state index in [1.165, 1.54) is 0 Å². The molecule has 0 saturated carbocycles. The van der Waals surface area contributed by atoms with Crippen LogP contribution >= 0.6 is 11.6 Å². The molecule has 7 nitrogen and oxygen atoms in total. The molecular weight excluding hydrogens is 354 g/mol. The highest BCUT2D eigenvalue weighted by molar-refractivity contribution is 6.28. The SMILES string of the molecule is CCC[C@H](CO)Nc1nc(Cl)nc2cn(Cc3ccccc3OC)nc12. The fraction of sp³-hybridized carbons (Fsp3) is 0.389. The first-order valence-corrected chi connectivity index (χ1v) is 8.92. The predicted octanol–water partition coefficient (Wildman–Crippen LogP) is 3.11. The summed E-state index contributed by atoms with van der Waals surface area (Å²) in [5.41, 5.74) is 2.28. The maximum Gasteiger partial charge on any atom is 0.225 e. The van der Waals surface area contributed by atoms with Crippen molar-refractivity contribution in [1.29, 1.82) is 0 Å². The molecule has 0 aliphatic rings. The van der Waals surface area contributed by atoms with Crippen molar-refractivity contribution in [2.45, 2.75) is 32.4 Å². The van der Waals surface area contributed by atoms with Gasteiger partial charge in [-0.1, -0.05) is 31.5 Å². The van der Waals surface area contributed by atoms with E-state index in [1.54, 1.807) is 11.8 Å². The largest absolute Gasteiger partial charge is 0.496 e. The molecule has 2 heterocycles. The number of aromatic nitrogens is 4. The lowest BCUT2D eigenvalue weighted by Crippen LogP contribution is -2.24. The lowest BCUT2D eigenvalue weighted by Gasteiger charge is -2.16. The zero-order valence-electron chi connectivity index (χ0n) is 14.8. The summed E-state index contributed by atoms with van der Waals surface area (Å²) < 4.78 is 7.18. The fourth-order valence-corrected chi connectivity index (χ4v) is 3.05. The molecule has 0 fully saturated rings. The Balaban J connectivity index is 1.93. The summed E-state index contributed by atoms with van der Waals surface area (Å²) >= 11 is 6.06. The van der Waals surface area contributed by atoms with E-state index in [-0.39, 0.29) is 17.9 Å². The molecule has 0 amide bonds. The third-order valence-corrected chi connectivity index (χ3v) is 4.28. The van der Waals surface area contributed by atoms with Crippen LogP contribution in [0.25, 0.3) is 11.0 Å². The Morgan fingerprint density at radius 3 is 2.85 bits per heavy atom. The molecule has 0 aliphatic carbocycles. The van der Waals surface area contributed by atoms with Gasteiger partial charge in [0.2, 0.25) is 5.28 Å². The zero-order chi connectivity index (χ0) is 18.5. The highest BCUT2D eigenvalue weighted by atomic mass is 35.5. The van der Waals surface area contributed by atoms with Gasteiger partial charge in [0.15, 0.2) is 11.3 Å². The summed E-state index contributed by atoms with van der Waals surface area (Å²) in [5, 5.41) is 17.5. The van der Waals surface area contributed by atoms with Crippen molar-refractivity contribution >= 4 is 28.5 Å². The maximum absolute atomic E-state index is 9.54. The Morgan fingerprint density at radius 2 is 2.12 bits per heavy atom. The van der Waals surface area contributed by atoms with Crippen LogP contribution in [0.5, 0.6) is 5.75 Å². The second-order valence-electron chi connectivity index (χ2n) is 6.03. The monoisotopic (exact) mass is 375 g/mol. The van der Waals surface area contributed by atoms with Crippen molar-refractivity contribution in [1.82, 2.24) is 19.7 Å². The minimum Gasteiger partial charge on any atom is -0.496 e. The minimum atomic E-state index is -0.103. The number of aliphatic hydroxyl groups is 1. The highest BCUT2D eigenvalue weighted by Gasteiger charge is 2.15. The van der Waals surface area contributed by atoms with E-state index in [9.17, 15) is 5.11 Å². The van der Waals surface area contributed by atoms with Gasteiger partial charge in [-0.2, -0.15) is 10.1 Å². The molecule has 0 spiro atoms. The van der Waals surface area contributed by atoms with E-state index in [0.717, 1.165) is 24.2 Å². The molecule has 3 aromatic rings. The molecule has 0 aliphatic heterocycles. The highest BCUT2D eigenvalue weighted by Crippen LogP contribution is 2.24. The number of hydrogen-bond acceptors (Lipinski definition) is 6. The Bertz CT molecular complexity index is 883. The van der Waals surface area contributed by atoms with Crippen LogP contribution in [0.2, 0.25) is 5.28 Å². The van der Waals surface area contributed by atoms with Crippen molar-refractivity contribution in [2.75, 3.05) is 19.0 Å². The molecule has 0 bridgehead atoms. The van der Waals surface area contributed by atoms with Gasteiger partial charge < -0.3 is 15.2 Å². The zero-order valence-corrected chi connectivity index (χ0v) is 15.6. The average molecular weight is 376 g/mol. The van der Waals surface area contributed by atoms with Gasteiger partial charge in [-0.05, 0) is 24.1 Å². The first-order valence-electron chi connectivity index (χ1n) is 8.54. The molecule has 3 rings (SSSR count). The van der Waals surface area contributed by atoms with Crippen LogP contribution in [0.1, 0.15) is 25.3 Å². The number of rotatable bonds is 8. The first kappa shape index (κ1) is 18.4. The van der Waals surface area contributed by atoms with E-state index >= 15 is 0 Å². The number of hydrogen-bond donors (Lipinski definition) is 2. The van der Waals surface area contributed by atoms with Gasteiger partial charge in [0, 0.05) is 5.56 Å². The van der Waals surface area contributed by atoms with Gasteiger partial charge in [0.25, 0.3) is 0 Å². The Kier molecular flexibility index (Phi) is 5.90. The minimum absolute atomic E-state index is 0.0128. The van der Waals surface area contributed by atoms with E-state index in [4.69, 9.17) is 16.3 Å². The smallest absolute Gasteiger partial charge is 0.225 e. The van der Waals surface area contributed by atoms with E-state index < -0.39 is 0 Å². The molecule has 8 heteroatoms. The lowest BCUT2D eigenvalue weighted by atomic mass is 10.2. The number of methoxy groups -OCH3 is 1. The quantitative estimate of drug-likeness (QED) is 0.588. The van der Waals surface area contributed by atoms with Gasteiger partial charge in [0.1, 0.15) is 11.3 Å². The van der Waals surface area contributed by atoms with Crippen molar-refractivity contribution in [3.63, 3.8) is 0 Å². The first-order chi connectivity index (χ1) is 12.6. The van der Waals surface area contributed by atoms with Gasteiger partial charge in [-0.25, -0.2) is 4.98 Å². The number of halogens is 1. The molecule has 138 valence electrons. The number of aliphatic hydroxyl groups excluding tert-OH is 1. The van der Waals surface area contributed by atoms with Crippen LogP contribution in [0.15, 0.2) is 30.5 Å². The van der Waals surface area contributed by atoms with Gasteiger partial charge in [-0.3, -0.25) is 4.68 Å². The second kappa shape index (κ2) is 8.33. The molecule has 1 atom stereocenters. The number of nitrogens with one attached hydrogen (secondary N) is 1. The maximum atomic E-state index is 9.54. The molecule has 26 heavy (non-hydrogen) atoms. The van der Waals surface area contributed by atoms with Crippen molar-refractivity contribution in [3.8, 4) is 5.75 Å². The molecule has 0 saturated heterocycles. The van der Waals surface area contributed by atoms with Crippen molar-refractivity contribution in [3.05, 3.63) is 41.3 Å². The molecule has 1 aromatic carbocycles. The molecule has 2 N–H and O–H groups in total. The fourth-order valence-electron chi connectivity index (χ4n) is 2.87. The van der Waals surface area contributed by atoms with Crippen LogP contribution in [0.3, 0.4) is 0 Å². The predicted molar refractivity (Wildman–Crippen MR) is 102 cm³/mol. The molecule has 2 aromatic heterocycles. The van der Waals surface area contributed by atoms with Gasteiger partial charge >= 0.3 is 0 Å². The van der Waals surface area contributed by atoms with Crippen molar-refractivity contribution < 1.29 is 9.84 Å². The van der Waals surface area contributed by atoms with Crippen LogP contribution in [0.4, 0.5) is 5.82 Å². The summed E-state index contributed by atoms with van der Waals surface area (Å²) in [7, 11) is 1.65. The Hall–Kier alpha value is -2.38. The topological polar surface area (TPSA) is 85.1 Å². The summed E-state index contributed by atoms with van der Waals surface area (Å²) in [4.78, 5) is 8.51. The number of nitrogens with zero attached hydrogens (tertiary/aromatic N) is 4. The van der Waals surface area contributed by atoms with Crippen LogP contribution in [0, 0.1) is 0 Å². The average Bonchev–Trinajstić information content (AvgIpc) is 3.04. The standard InChI is InChI=1S/C18H22ClN5O2/c1-3-6-13(11-25)20-17-16-14(21-18(19)22-17)10-24(23-16)9-12-7-4-5-8-15(12)26-2/h4-5,7-8,10,13,25H,3,6,9,11H2,1-2H3,(H,20,21,22)/t13-/m1/s1. The number of benzene rings is 1. The number of fused-ring (bicyclic) bond motifs is 1. The van der Waals surface area contributed by atoms with Gasteiger partial charge in [-0.15, -0.1) is 0 Å². The Labute approximate surface area is 157 Å². The number of anilines is 1. The normalized spacial score (nSPS) is 12.3. The van der Waals surface area contributed by atoms with E-state index in [0.29, 0.717) is 23.4 Å². The summed E-state index contributed by atoms with van der Waals surface area (Å²) in [6.45, 7) is 2.61. The molecule has 0 radical (unpaired) electrons. The lowest BCUT2D eigenvalue weighted by molar-refractivity contribution is 0.268. The molecular formula is C18H22ClN5O2. The summed E-state index contributed by atoms with van der Waals surface area (Å²) in [6.07, 6.45) is 3.60. The van der Waals surface area contributed by atoms with Crippen LogP contribution in [-0.2, 0) is 6.54 Å². The molecule has 0 unspecified atom stereocenters. The van der Waals surface area contributed by atoms with Crippen LogP contribution < -0.4 is 10.1 Å². The van der Waals surface area contributed by atoms with Crippen molar-refractivity contribution in [2.24, 2.45) is 0 Å².